The molecule has 1 heterocycles. The molecular weight excluding hydrogens is 452 g/mol. The van der Waals surface area contributed by atoms with Crippen molar-refractivity contribution in [1.82, 2.24) is 5.32 Å². The van der Waals surface area contributed by atoms with E-state index in [-0.39, 0.29) is 12.2 Å². The standard InChI is InChI=1S/C22H19BrN2O5/c1-4-9-30-19-17(23)11-14(12-18(19)29-3)10-16-20(26)24-22(28)25(21(16)27)15-7-5-13(2)6-8-15/h4-8,10-12H,1,9H2,2-3H3,(H,24,26,28)/b16-10+. The summed E-state index contributed by atoms with van der Waals surface area (Å²) in [6, 6.07) is 9.36. The number of ether oxygens (including phenoxy) is 2. The van der Waals surface area contributed by atoms with Gasteiger partial charge >= 0.3 is 6.03 Å². The fraction of sp³-hybridized carbons (Fsp3) is 0.136. The molecule has 1 saturated heterocycles. The quantitative estimate of drug-likeness (QED) is 0.391. The Hall–Kier alpha value is -3.39. The lowest BCUT2D eigenvalue weighted by Gasteiger charge is -2.26. The number of imide groups is 2. The number of anilines is 1. The Kier molecular flexibility index (Phi) is 6.37. The highest BCUT2D eigenvalue weighted by Gasteiger charge is 2.36. The predicted molar refractivity (Wildman–Crippen MR) is 117 cm³/mol. The minimum Gasteiger partial charge on any atom is -0.493 e. The van der Waals surface area contributed by atoms with Gasteiger partial charge in [0.15, 0.2) is 11.5 Å². The van der Waals surface area contributed by atoms with Crippen LogP contribution in [-0.2, 0) is 9.59 Å². The molecule has 30 heavy (non-hydrogen) atoms. The van der Waals surface area contributed by atoms with E-state index in [2.05, 4.69) is 27.8 Å². The summed E-state index contributed by atoms with van der Waals surface area (Å²) in [6.07, 6.45) is 3.00. The van der Waals surface area contributed by atoms with Crippen LogP contribution in [0.3, 0.4) is 0 Å². The van der Waals surface area contributed by atoms with Crippen molar-refractivity contribution in [1.29, 1.82) is 0 Å². The van der Waals surface area contributed by atoms with Gasteiger partial charge in [0, 0.05) is 0 Å². The number of hydrogen-bond donors (Lipinski definition) is 1. The summed E-state index contributed by atoms with van der Waals surface area (Å²) in [4.78, 5) is 38.6. The van der Waals surface area contributed by atoms with E-state index >= 15 is 0 Å². The SMILES string of the molecule is C=CCOc1c(Br)cc(/C=C2\C(=O)NC(=O)N(c3ccc(C)cc3)C2=O)cc1OC. The lowest BCUT2D eigenvalue weighted by molar-refractivity contribution is -0.122. The first-order valence-corrected chi connectivity index (χ1v) is 9.74. The van der Waals surface area contributed by atoms with E-state index in [0.29, 0.717) is 27.2 Å². The molecule has 4 amide bonds. The van der Waals surface area contributed by atoms with Gasteiger partial charge in [0.25, 0.3) is 11.8 Å². The van der Waals surface area contributed by atoms with Crippen LogP contribution in [0.5, 0.6) is 11.5 Å². The first-order chi connectivity index (χ1) is 14.3. The molecule has 1 fully saturated rings. The summed E-state index contributed by atoms with van der Waals surface area (Å²) in [5.74, 6) is -0.603. The molecule has 1 N–H and O–H groups in total. The molecule has 7 nitrogen and oxygen atoms in total. The van der Waals surface area contributed by atoms with Crippen molar-refractivity contribution in [2.75, 3.05) is 18.6 Å². The number of rotatable bonds is 6. The third kappa shape index (κ3) is 4.28. The Labute approximate surface area is 182 Å². The van der Waals surface area contributed by atoms with E-state index in [9.17, 15) is 14.4 Å². The highest BCUT2D eigenvalue weighted by molar-refractivity contribution is 9.10. The van der Waals surface area contributed by atoms with Gasteiger partial charge in [-0.15, -0.1) is 0 Å². The van der Waals surface area contributed by atoms with E-state index in [1.807, 2.05) is 6.92 Å². The Morgan fingerprint density at radius 3 is 2.50 bits per heavy atom. The number of aryl methyl sites for hydroxylation is 1. The predicted octanol–water partition coefficient (Wildman–Crippen LogP) is 4.00. The van der Waals surface area contributed by atoms with Crippen LogP contribution in [0.4, 0.5) is 10.5 Å². The van der Waals surface area contributed by atoms with Gasteiger partial charge in [-0.2, -0.15) is 0 Å². The first kappa shape index (κ1) is 21.3. The molecule has 0 saturated carbocycles. The Bertz CT molecular complexity index is 1060. The van der Waals surface area contributed by atoms with Crippen LogP contribution in [0.1, 0.15) is 11.1 Å². The van der Waals surface area contributed by atoms with Gasteiger partial charge in [-0.1, -0.05) is 30.4 Å². The van der Waals surface area contributed by atoms with E-state index in [0.717, 1.165) is 10.5 Å². The number of urea groups is 1. The second-order valence-corrected chi connectivity index (χ2v) is 7.28. The molecule has 0 aliphatic carbocycles. The number of benzene rings is 2. The summed E-state index contributed by atoms with van der Waals surface area (Å²) in [5, 5.41) is 2.21. The number of carbonyl (C=O) groups excluding carboxylic acids is 3. The molecule has 1 aliphatic heterocycles. The second kappa shape index (κ2) is 8.96. The summed E-state index contributed by atoms with van der Waals surface area (Å²) < 4.78 is 11.5. The fourth-order valence-electron chi connectivity index (χ4n) is 2.86. The van der Waals surface area contributed by atoms with E-state index in [1.165, 1.54) is 13.2 Å². The second-order valence-electron chi connectivity index (χ2n) is 6.43. The highest BCUT2D eigenvalue weighted by atomic mass is 79.9. The molecule has 0 spiro atoms. The third-order valence-electron chi connectivity index (χ3n) is 4.30. The zero-order valence-electron chi connectivity index (χ0n) is 16.4. The number of hydrogen-bond acceptors (Lipinski definition) is 5. The van der Waals surface area contributed by atoms with Crippen molar-refractivity contribution in [3.63, 3.8) is 0 Å². The van der Waals surface area contributed by atoms with Gasteiger partial charge in [-0.3, -0.25) is 14.9 Å². The molecule has 0 unspecified atom stereocenters. The van der Waals surface area contributed by atoms with Crippen molar-refractivity contribution in [2.24, 2.45) is 0 Å². The average molecular weight is 471 g/mol. The molecule has 0 radical (unpaired) electrons. The zero-order chi connectivity index (χ0) is 21.8. The van der Waals surface area contributed by atoms with Crippen molar-refractivity contribution < 1.29 is 23.9 Å². The maximum atomic E-state index is 13.0. The number of amides is 4. The Balaban J connectivity index is 2.01. The van der Waals surface area contributed by atoms with Crippen LogP contribution >= 0.6 is 15.9 Å². The molecule has 0 bridgehead atoms. The van der Waals surface area contributed by atoms with Crippen LogP contribution < -0.4 is 19.7 Å². The van der Waals surface area contributed by atoms with E-state index in [4.69, 9.17) is 9.47 Å². The van der Waals surface area contributed by atoms with Gasteiger partial charge in [0.1, 0.15) is 12.2 Å². The van der Waals surface area contributed by atoms with Crippen molar-refractivity contribution >= 4 is 45.5 Å². The van der Waals surface area contributed by atoms with Crippen molar-refractivity contribution in [3.8, 4) is 11.5 Å². The molecule has 0 atom stereocenters. The molecule has 1 aliphatic rings. The molecule has 2 aromatic carbocycles. The van der Waals surface area contributed by atoms with Crippen LogP contribution in [0.2, 0.25) is 0 Å². The van der Waals surface area contributed by atoms with Gasteiger partial charge < -0.3 is 9.47 Å². The maximum absolute atomic E-state index is 13.0. The monoisotopic (exact) mass is 470 g/mol. The number of nitrogens with zero attached hydrogens (tertiary/aromatic N) is 1. The van der Waals surface area contributed by atoms with Crippen LogP contribution in [0, 0.1) is 6.92 Å². The molecule has 154 valence electrons. The van der Waals surface area contributed by atoms with E-state index < -0.39 is 17.8 Å². The van der Waals surface area contributed by atoms with Crippen molar-refractivity contribution in [3.05, 3.63) is 70.2 Å². The highest BCUT2D eigenvalue weighted by Crippen LogP contribution is 2.37. The molecule has 8 heteroatoms. The van der Waals surface area contributed by atoms with E-state index in [1.54, 1.807) is 42.5 Å². The van der Waals surface area contributed by atoms with Crippen LogP contribution in [0.15, 0.2) is 59.1 Å². The average Bonchev–Trinajstić information content (AvgIpc) is 2.71. The maximum Gasteiger partial charge on any atom is 0.335 e. The molecule has 0 aromatic heterocycles. The third-order valence-corrected chi connectivity index (χ3v) is 4.89. The largest absolute Gasteiger partial charge is 0.493 e. The van der Waals surface area contributed by atoms with Crippen LogP contribution in [0.25, 0.3) is 6.08 Å². The molecular formula is C22H19BrN2O5. The summed E-state index contributed by atoms with van der Waals surface area (Å²) in [7, 11) is 1.48. The fourth-order valence-corrected chi connectivity index (χ4v) is 3.43. The topological polar surface area (TPSA) is 84.9 Å². The minimum atomic E-state index is -0.794. The normalized spacial score (nSPS) is 15.2. The number of carbonyl (C=O) groups is 3. The van der Waals surface area contributed by atoms with Gasteiger partial charge in [0.05, 0.1) is 17.3 Å². The Morgan fingerprint density at radius 2 is 1.87 bits per heavy atom. The van der Waals surface area contributed by atoms with Gasteiger partial charge in [0.2, 0.25) is 0 Å². The summed E-state index contributed by atoms with van der Waals surface area (Å²) >= 11 is 3.41. The zero-order valence-corrected chi connectivity index (χ0v) is 18.0. The lowest BCUT2D eigenvalue weighted by Crippen LogP contribution is -2.54. The summed E-state index contributed by atoms with van der Waals surface area (Å²) in [5.41, 5.74) is 1.69. The smallest absolute Gasteiger partial charge is 0.335 e. The van der Waals surface area contributed by atoms with Gasteiger partial charge in [-0.05, 0) is 58.8 Å². The van der Waals surface area contributed by atoms with Crippen molar-refractivity contribution in [2.45, 2.75) is 6.92 Å². The number of halogens is 1. The Morgan fingerprint density at radius 1 is 1.17 bits per heavy atom. The first-order valence-electron chi connectivity index (χ1n) is 8.95. The van der Waals surface area contributed by atoms with Crippen LogP contribution in [-0.4, -0.2) is 31.6 Å². The minimum absolute atomic E-state index is 0.177. The number of methoxy groups -OCH3 is 1. The molecule has 3 rings (SSSR count). The number of barbiturate groups is 1. The lowest BCUT2D eigenvalue weighted by atomic mass is 10.1. The van der Waals surface area contributed by atoms with Gasteiger partial charge in [-0.25, -0.2) is 9.69 Å². The number of nitrogens with one attached hydrogen (secondary N) is 1. The summed E-state index contributed by atoms with van der Waals surface area (Å²) in [6.45, 7) is 5.79. The molecule has 2 aromatic rings.